The molecule has 0 aliphatic rings. The second-order valence-corrected chi connectivity index (χ2v) is 2.53. The van der Waals surface area contributed by atoms with Crippen molar-refractivity contribution >= 4 is 17.5 Å². The molecule has 0 heterocycles. The molecule has 64 valence electrons. The summed E-state index contributed by atoms with van der Waals surface area (Å²) in [6.07, 6.45) is 0. The molecule has 0 saturated carbocycles. The lowest BCUT2D eigenvalue weighted by molar-refractivity contribution is 0.1000. The maximum Gasteiger partial charge on any atom is 0.248 e. The van der Waals surface area contributed by atoms with Crippen molar-refractivity contribution in [3.63, 3.8) is 0 Å². The lowest BCUT2D eigenvalue weighted by atomic mass is 10.2. The molecule has 2 N–H and O–H groups in total. The van der Waals surface area contributed by atoms with E-state index in [9.17, 15) is 13.6 Å². The highest BCUT2D eigenvalue weighted by molar-refractivity contribution is 6.31. The van der Waals surface area contributed by atoms with E-state index in [1.807, 2.05) is 0 Å². The van der Waals surface area contributed by atoms with Gasteiger partial charge in [-0.25, -0.2) is 8.78 Å². The molecule has 1 aromatic rings. The van der Waals surface area contributed by atoms with Crippen LogP contribution in [0.15, 0.2) is 12.1 Å². The van der Waals surface area contributed by atoms with E-state index < -0.39 is 22.6 Å². The minimum absolute atomic E-state index is 0.154. The SMILES string of the molecule is NC(=O)c1cc(F)c(F)c(Cl)c1. The first-order chi connectivity index (χ1) is 5.52. The van der Waals surface area contributed by atoms with Crippen LogP contribution >= 0.6 is 11.6 Å². The zero-order chi connectivity index (χ0) is 9.30. The molecule has 0 aliphatic carbocycles. The summed E-state index contributed by atoms with van der Waals surface area (Å²) in [5, 5.41) is -0.455. The van der Waals surface area contributed by atoms with Gasteiger partial charge in [-0.15, -0.1) is 0 Å². The quantitative estimate of drug-likeness (QED) is 0.675. The fourth-order valence-corrected chi connectivity index (χ4v) is 0.906. The topological polar surface area (TPSA) is 43.1 Å². The van der Waals surface area contributed by atoms with Gasteiger partial charge in [-0.3, -0.25) is 4.79 Å². The Bertz CT molecular complexity index is 317. The van der Waals surface area contributed by atoms with Crippen LogP contribution in [0.2, 0.25) is 5.02 Å². The Balaban J connectivity index is 3.31. The molecular weight excluding hydrogens is 188 g/mol. The Kier molecular flexibility index (Phi) is 2.28. The van der Waals surface area contributed by atoms with Gasteiger partial charge < -0.3 is 5.73 Å². The van der Waals surface area contributed by atoms with Crippen molar-refractivity contribution < 1.29 is 13.6 Å². The number of hydrogen-bond donors (Lipinski definition) is 1. The number of benzene rings is 1. The summed E-state index contributed by atoms with van der Waals surface area (Å²) in [6, 6.07) is 1.67. The number of hydrogen-bond acceptors (Lipinski definition) is 1. The van der Waals surface area contributed by atoms with Crippen LogP contribution in [-0.2, 0) is 0 Å². The van der Waals surface area contributed by atoms with Gasteiger partial charge in [0.15, 0.2) is 11.6 Å². The highest BCUT2D eigenvalue weighted by atomic mass is 35.5. The van der Waals surface area contributed by atoms with Gasteiger partial charge >= 0.3 is 0 Å². The second kappa shape index (κ2) is 3.06. The molecule has 0 aromatic heterocycles. The molecule has 0 aliphatic heterocycles. The van der Waals surface area contributed by atoms with E-state index in [1.165, 1.54) is 0 Å². The van der Waals surface area contributed by atoms with Crippen LogP contribution in [0, 0.1) is 11.6 Å². The van der Waals surface area contributed by atoms with Crippen LogP contribution in [-0.4, -0.2) is 5.91 Å². The highest BCUT2D eigenvalue weighted by Gasteiger charge is 2.11. The summed E-state index contributed by atoms with van der Waals surface area (Å²) in [5.41, 5.74) is 4.66. The number of rotatable bonds is 1. The van der Waals surface area contributed by atoms with Crippen LogP contribution < -0.4 is 5.73 Å². The first-order valence-corrected chi connectivity index (χ1v) is 3.34. The fourth-order valence-electron chi connectivity index (χ4n) is 0.698. The Morgan fingerprint density at radius 3 is 2.42 bits per heavy atom. The fraction of sp³-hybridized carbons (Fsp3) is 0. The number of primary amides is 1. The number of halogens is 3. The predicted molar refractivity (Wildman–Crippen MR) is 39.9 cm³/mol. The van der Waals surface area contributed by atoms with Gasteiger partial charge in [0.1, 0.15) is 0 Å². The summed E-state index contributed by atoms with van der Waals surface area (Å²) >= 11 is 5.24. The molecule has 0 fully saturated rings. The second-order valence-electron chi connectivity index (χ2n) is 2.12. The first kappa shape index (κ1) is 8.93. The van der Waals surface area contributed by atoms with E-state index in [0.717, 1.165) is 6.07 Å². The van der Waals surface area contributed by atoms with Crippen molar-refractivity contribution in [1.82, 2.24) is 0 Å². The molecule has 2 nitrogen and oxygen atoms in total. The van der Waals surface area contributed by atoms with Crippen molar-refractivity contribution in [1.29, 1.82) is 0 Å². The summed E-state index contributed by atoms with van der Waals surface area (Å²) < 4.78 is 25.0. The maximum absolute atomic E-state index is 12.5. The Morgan fingerprint density at radius 2 is 2.00 bits per heavy atom. The number of nitrogens with two attached hydrogens (primary N) is 1. The summed E-state index contributed by atoms with van der Waals surface area (Å²) in [7, 11) is 0. The third kappa shape index (κ3) is 1.53. The average Bonchev–Trinajstić information content (AvgIpc) is 1.99. The average molecular weight is 192 g/mol. The molecule has 5 heteroatoms. The molecule has 1 aromatic carbocycles. The van der Waals surface area contributed by atoms with E-state index in [1.54, 1.807) is 0 Å². The smallest absolute Gasteiger partial charge is 0.248 e. The van der Waals surface area contributed by atoms with Crippen LogP contribution in [0.4, 0.5) is 8.78 Å². The molecule has 0 saturated heterocycles. The van der Waals surface area contributed by atoms with Crippen molar-refractivity contribution in [3.8, 4) is 0 Å². The third-order valence-corrected chi connectivity index (χ3v) is 1.54. The number of amides is 1. The molecule has 1 rings (SSSR count). The summed E-state index contributed by atoms with van der Waals surface area (Å²) in [6.45, 7) is 0. The molecule has 12 heavy (non-hydrogen) atoms. The van der Waals surface area contributed by atoms with Gasteiger partial charge in [0, 0.05) is 5.56 Å². The molecule has 1 amide bonds. The van der Waals surface area contributed by atoms with Gasteiger partial charge in [-0.1, -0.05) is 11.6 Å². The zero-order valence-electron chi connectivity index (χ0n) is 5.77. The lowest BCUT2D eigenvalue weighted by Crippen LogP contribution is -2.11. The van der Waals surface area contributed by atoms with Crippen molar-refractivity contribution in [2.45, 2.75) is 0 Å². The van der Waals surface area contributed by atoms with Crippen LogP contribution in [0.3, 0.4) is 0 Å². The minimum atomic E-state index is -1.18. The first-order valence-electron chi connectivity index (χ1n) is 2.96. The van der Waals surface area contributed by atoms with E-state index in [0.29, 0.717) is 6.07 Å². The van der Waals surface area contributed by atoms with Gasteiger partial charge in [0.2, 0.25) is 5.91 Å². The minimum Gasteiger partial charge on any atom is -0.366 e. The van der Waals surface area contributed by atoms with Crippen molar-refractivity contribution in [2.75, 3.05) is 0 Å². The van der Waals surface area contributed by atoms with E-state index in [-0.39, 0.29) is 5.56 Å². The molecule has 0 unspecified atom stereocenters. The summed E-state index contributed by atoms with van der Waals surface area (Å²) in [5.74, 6) is -3.21. The van der Waals surface area contributed by atoms with Crippen LogP contribution in [0.1, 0.15) is 10.4 Å². The van der Waals surface area contributed by atoms with Crippen LogP contribution in [0.5, 0.6) is 0 Å². The molecule has 0 radical (unpaired) electrons. The Morgan fingerprint density at radius 1 is 1.42 bits per heavy atom. The molecule has 0 atom stereocenters. The predicted octanol–water partition coefficient (Wildman–Crippen LogP) is 1.72. The zero-order valence-corrected chi connectivity index (χ0v) is 6.53. The highest BCUT2D eigenvalue weighted by Crippen LogP contribution is 2.19. The third-order valence-electron chi connectivity index (χ3n) is 1.27. The van der Waals surface area contributed by atoms with Gasteiger partial charge in [-0.05, 0) is 12.1 Å². The van der Waals surface area contributed by atoms with Gasteiger partial charge in [0.25, 0.3) is 0 Å². The molecule has 0 bridgehead atoms. The monoisotopic (exact) mass is 191 g/mol. The normalized spacial score (nSPS) is 9.92. The van der Waals surface area contributed by atoms with E-state index in [4.69, 9.17) is 17.3 Å². The number of carbonyl (C=O) groups is 1. The van der Waals surface area contributed by atoms with Gasteiger partial charge in [-0.2, -0.15) is 0 Å². The standard InChI is InChI=1S/C7H4ClF2NO/c8-4-1-3(7(11)12)2-5(9)6(4)10/h1-2H,(H2,11,12). The van der Waals surface area contributed by atoms with E-state index >= 15 is 0 Å². The van der Waals surface area contributed by atoms with Crippen molar-refractivity contribution in [3.05, 3.63) is 34.4 Å². The molecular formula is C7H4ClF2NO. The van der Waals surface area contributed by atoms with Gasteiger partial charge in [0.05, 0.1) is 5.02 Å². The maximum atomic E-state index is 12.5. The van der Waals surface area contributed by atoms with Crippen molar-refractivity contribution in [2.24, 2.45) is 5.73 Å². The Labute approximate surface area is 71.9 Å². The number of carbonyl (C=O) groups excluding carboxylic acids is 1. The lowest BCUT2D eigenvalue weighted by Gasteiger charge is -1.98. The van der Waals surface area contributed by atoms with Crippen LogP contribution in [0.25, 0.3) is 0 Å². The Hall–Kier alpha value is -1.16. The molecule has 0 spiro atoms. The summed E-state index contributed by atoms with van der Waals surface area (Å²) in [4.78, 5) is 10.5. The largest absolute Gasteiger partial charge is 0.366 e. The van der Waals surface area contributed by atoms with E-state index in [2.05, 4.69) is 0 Å².